The largest absolute Gasteiger partial charge is 0.489 e. The second kappa shape index (κ2) is 9.47. The van der Waals surface area contributed by atoms with Crippen molar-refractivity contribution in [2.24, 2.45) is 0 Å². The Labute approximate surface area is 186 Å². The second-order valence-corrected chi connectivity index (χ2v) is 8.72. The number of nitrogens with one attached hydrogen (secondary N) is 2. The zero-order valence-corrected chi connectivity index (χ0v) is 18.6. The first-order valence-corrected chi connectivity index (χ1v) is 11.7. The predicted molar refractivity (Wildman–Crippen MR) is 125 cm³/mol. The Hall–Kier alpha value is -2.93. The quantitative estimate of drug-likeness (QED) is 0.552. The third-order valence-corrected chi connectivity index (χ3v) is 6.87. The zero-order valence-electron chi connectivity index (χ0n) is 17.8. The van der Waals surface area contributed by atoms with Crippen molar-refractivity contribution >= 4 is 23.5 Å². The molecule has 0 radical (unpaired) electrons. The van der Waals surface area contributed by atoms with Crippen LogP contribution in [0.15, 0.2) is 59.4 Å². The molecule has 2 heterocycles. The number of hydrogen-bond donors (Lipinski definition) is 2. The SMILES string of the molecule is CCC(CC)n1[nH]c(=O)c2c1NC(=O)CS[C@H]2c1ccc(OCc2ccccc2)cc1. The zero-order chi connectivity index (χ0) is 21.8. The number of aromatic amines is 1. The molecule has 162 valence electrons. The number of benzene rings is 2. The van der Waals surface area contributed by atoms with E-state index in [0.717, 1.165) is 29.7 Å². The fourth-order valence-corrected chi connectivity index (χ4v) is 5.04. The molecule has 4 rings (SSSR count). The molecule has 3 aromatic rings. The number of rotatable bonds is 7. The normalized spacial score (nSPS) is 16.0. The van der Waals surface area contributed by atoms with Crippen LogP contribution in [0.5, 0.6) is 5.75 Å². The summed E-state index contributed by atoms with van der Waals surface area (Å²) in [5, 5.41) is 5.70. The first-order chi connectivity index (χ1) is 15.1. The van der Waals surface area contributed by atoms with Gasteiger partial charge in [0, 0.05) is 0 Å². The van der Waals surface area contributed by atoms with Crippen molar-refractivity contribution in [3.05, 3.63) is 81.6 Å². The highest BCUT2D eigenvalue weighted by Crippen LogP contribution is 2.41. The molecule has 1 aliphatic heterocycles. The van der Waals surface area contributed by atoms with Gasteiger partial charge >= 0.3 is 0 Å². The van der Waals surface area contributed by atoms with E-state index in [1.54, 1.807) is 0 Å². The molecule has 6 nitrogen and oxygen atoms in total. The highest BCUT2D eigenvalue weighted by Gasteiger charge is 2.31. The lowest BCUT2D eigenvalue weighted by molar-refractivity contribution is -0.113. The van der Waals surface area contributed by atoms with Crippen LogP contribution in [-0.2, 0) is 11.4 Å². The van der Waals surface area contributed by atoms with Crippen molar-refractivity contribution in [3.63, 3.8) is 0 Å². The van der Waals surface area contributed by atoms with Crippen molar-refractivity contribution in [3.8, 4) is 5.75 Å². The highest BCUT2D eigenvalue weighted by atomic mass is 32.2. The summed E-state index contributed by atoms with van der Waals surface area (Å²) in [5.74, 6) is 1.58. The van der Waals surface area contributed by atoms with E-state index in [0.29, 0.717) is 23.7 Å². The molecular formula is C24H27N3O3S. The molecule has 2 aromatic carbocycles. The van der Waals surface area contributed by atoms with Crippen LogP contribution in [0.1, 0.15) is 54.7 Å². The van der Waals surface area contributed by atoms with Crippen LogP contribution in [0.4, 0.5) is 5.82 Å². The molecule has 1 aliphatic rings. The third-order valence-electron chi connectivity index (χ3n) is 5.60. The Balaban J connectivity index is 1.61. The molecule has 31 heavy (non-hydrogen) atoms. The van der Waals surface area contributed by atoms with Gasteiger partial charge in [0.15, 0.2) is 0 Å². The van der Waals surface area contributed by atoms with Crippen molar-refractivity contribution in [1.29, 1.82) is 0 Å². The summed E-state index contributed by atoms with van der Waals surface area (Å²) in [4.78, 5) is 25.3. The molecule has 1 aromatic heterocycles. The van der Waals surface area contributed by atoms with Gasteiger partial charge in [0.25, 0.3) is 5.56 Å². The first-order valence-electron chi connectivity index (χ1n) is 10.6. The van der Waals surface area contributed by atoms with Crippen molar-refractivity contribution in [1.82, 2.24) is 9.78 Å². The van der Waals surface area contributed by atoms with Crippen LogP contribution in [0.3, 0.4) is 0 Å². The van der Waals surface area contributed by atoms with Gasteiger partial charge in [0.05, 0.1) is 22.6 Å². The molecule has 2 N–H and O–H groups in total. The first kappa shape index (κ1) is 21.3. The topological polar surface area (TPSA) is 76.1 Å². The molecular weight excluding hydrogens is 410 g/mol. The monoisotopic (exact) mass is 437 g/mol. The summed E-state index contributed by atoms with van der Waals surface area (Å²) in [6.45, 7) is 4.66. The molecule has 0 bridgehead atoms. The van der Waals surface area contributed by atoms with Gasteiger partial charge in [0.1, 0.15) is 18.2 Å². The van der Waals surface area contributed by atoms with E-state index in [4.69, 9.17) is 4.74 Å². The average Bonchev–Trinajstić information content (AvgIpc) is 2.99. The number of amides is 1. The van der Waals surface area contributed by atoms with Gasteiger partial charge in [-0.05, 0) is 36.1 Å². The minimum absolute atomic E-state index is 0.0877. The molecule has 0 fully saturated rings. The number of thioether (sulfide) groups is 1. The molecule has 7 heteroatoms. The van der Waals surface area contributed by atoms with Gasteiger partial charge in [-0.25, -0.2) is 0 Å². The standard InChI is InChI=1S/C24H27N3O3S/c1-3-18(4-2)27-23-21(24(29)26-27)22(31-15-20(28)25-23)17-10-12-19(13-11-17)30-14-16-8-6-5-7-9-16/h5-13,18,22H,3-4,14-15H2,1-2H3,(H,25,28)(H,26,29)/t22-/m0/s1. The van der Waals surface area contributed by atoms with Crippen LogP contribution in [0.25, 0.3) is 0 Å². The summed E-state index contributed by atoms with van der Waals surface area (Å²) in [5.41, 5.74) is 2.55. The van der Waals surface area contributed by atoms with Gasteiger partial charge in [-0.3, -0.25) is 19.4 Å². The summed E-state index contributed by atoms with van der Waals surface area (Å²) < 4.78 is 7.73. The highest BCUT2D eigenvalue weighted by molar-refractivity contribution is 8.00. The molecule has 0 aliphatic carbocycles. The van der Waals surface area contributed by atoms with Gasteiger partial charge in [-0.15, -0.1) is 11.8 Å². The molecule has 1 atom stereocenters. The van der Waals surface area contributed by atoms with Gasteiger partial charge in [0.2, 0.25) is 5.91 Å². The van der Waals surface area contributed by atoms with Crippen molar-refractivity contribution in [2.75, 3.05) is 11.1 Å². The molecule has 0 unspecified atom stereocenters. The number of H-pyrrole nitrogens is 1. The van der Waals surface area contributed by atoms with Crippen LogP contribution in [0, 0.1) is 0 Å². The molecule has 0 saturated heterocycles. The number of anilines is 1. The summed E-state index contributed by atoms with van der Waals surface area (Å²) >= 11 is 1.47. The van der Waals surface area contributed by atoms with Gasteiger partial charge < -0.3 is 10.1 Å². The van der Waals surface area contributed by atoms with Crippen LogP contribution < -0.4 is 15.6 Å². The maximum Gasteiger partial charge on any atom is 0.270 e. The maximum absolute atomic E-state index is 12.9. The molecule has 0 spiro atoms. The van der Waals surface area contributed by atoms with Crippen molar-refractivity contribution < 1.29 is 9.53 Å². The number of ether oxygens (including phenoxy) is 1. The smallest absolute Gasteiger partial charge is 0.270 e. The van der Waals surface area contributed by atoms with E-state index in [2.05, 4.69) is 24.3 Å². The summed E-state index contributed by atoms with van der Waals surface area (Å²) in [6.07, 6.45) is 1.74. The van der Waals surface area contributed by atoms with E-state index >= 15 is 0 Å². The second-order valence-electron chi connectivity index (χ2n) is 7.63. The molecule has 0 saturated carbocycles. The van der Waals surface area contributed by atoms with E-state index < -0.39 is 0 Å². The lowest BCUT2D eigenvalue weighted by Gasteiger charge is -2.18. The lowest BCUT2D eigenvalue weighted by atomic mass is 10.1. The van der Waals surface area contributed by atoms with E-state index in [1.807, 2.05) is 59.3 Å². The Kier molecular flexibility index (Phi) is 6.51. The summed E-state index contributed by atoms with van der Waals surface area (Å²) in [7, 11) is 0. The number of nitrogens with zero attached hydrogens (tertiary/aromatic N) is 1. The maximum atomic E-state index is 12.9. The summed E-state index contributed by atoms with van der Waals surface area (Å²) in [6, 6.07) is 17.9. The van der Waals surface area contributed by atoms with Crippen LogP contribution in [-0.4, -0.2) is 21.4 Å². The van der Waals surface area contributed by atoms with Crippen molar-refractivity contribution in [2.45, 2.75) is 44.6 Å². The fourth-order valence-electron chi connectivity index (χ4n) is 3.91. The number of hydrogen-bond acceptors (Lipinski definition) is 4. The molecule has 1 amide bonds. The van der Waals surface area contributed by atoms with E-state index in [1.165, 1.54) is 11.8 Å². The Morgan fingerprint density at radius 2 is 1.77 bits per heavy atom. The van der Waals surface area contributed by atoms with E-state index in [-0.39, 0.29) is 22.8 Å². The predicted octanol–water partition coefficient (Wildman–Crippen LogP) is 4.89. The average molecular weight is 438 g/mol. The minimum Gasteiger partial charge on any atom is -0.489 e. The minimum atomic E-state index is -0.225. The fraction of sp³-hybridized carbons (Fsp3) is 0.333. The van der Waals surface area contributed by atoms with Gasteiger partial charge in [-0.2, -0.15) is 0 Å². The van der Waals surface area contributed by atoms with Crippen LogP contribution >= 0.6 is 11.8 Å². The lowest BCUT2D eigenvalue weighted by Crippen LogP contribution is -2.19. The number of aromatic nitrogens is 2. The Bertz CT molecular complexity index is 1090. The Morgan fingerprint density at radius 3 is 2.45 bits per heavy atom. The van der Waals surface area contributed by atoms with Gasteiger partial charge in [-0.1, -0.05) is 56.3 Å². The number of fused-ring (bicyclic) bond motifs is 1. The van der Waals surface area contributed by atoms with E-state index in [9.17, 15) is 9.59 Å². The van der Waals surface area contributed by atoms with Crippen LogP contribution in [0.2, 0.25) is 0 Å². The third kappa shape index (κ3) is 4.56. The Morgan fingerprint density at radius 1 is 1.06 bits per heavy atom. The number of carbonyl (C=O) groups excluding carboxylic acids is 1. The number of carbonyl (C=O) groups is 1.